The number of aromatic nitrogens is 1. The van der Waals surface area contributed by atoms with Crippen LogP contribution in [-0.2, 0) is 0 Å². The second-order valence-electron chi connectivity index (χ2n) is 2.97. The zero-order chi connectivity index (χ0) is 9.84. The van der Waals surface area contributed by atoms with Crippen LogP contribution in [0.2, 0.25) is 0 Å². The van der Waals surface area contributed by atoms with Crippen LogP contribution in [0.25, 0.3) is 6.08 Å². The second kappa shape index (κ2) is 4.42. The van der Waals surface area contributed by atoms with Gasteiger partial charge in [0.25, 0.3) is 0 Å². The predicted octanol–water partition coefficient (Wildman–Crippen LogP) is 3.28. The first-order valence-corrected chi connectivity index (χ1v) is 4.77. The molecule has 1 heterocycles. The molecule has 2 nitrogen and oxygen atoms in total. The number of hydrogen-bond acceptors (Lipinski definition) is 2. The summed E-state index contributed by atoms with van der Waals surface area (Å²) in [5, 5.41) is 0. The Balaban J connectivity index is 3.16. The highest BCUT2D eigenvalue weighted by Gasteiger charge is 2.01. The van der Waals surface area contributed by atoms with E-state index in [4.69, 9.17) is 4.74 Å². The van der Waals surface area contributed by atoms with Crippen LogP contribution in [0.1, 0.15) is 19.4 Å². The first-order valence-electron chi connectivity index (χ1n) is 3.98. The Morgan fingerprint density at radius 1 is 1.54 bits per heavy atom. The van der Waals surface area contributed by atoms with Crippen LogP contribution in [0.15, 0.2) is 22.3 Å². The van der Waals surface area contributed by atoms with E-state index in [0.29, 0.717) is 5.88 Å². The summed E-state index contributed by atoms with van der Waals surface area (Å²) in [6.07, 6.45) is 3.76. The van der Waals surface area contributed by atoms with Crippen molar-refractivity contribution in [2.45, 2.75) is 13.8 Å². The molecule has 1 aromatic heterocycles. The van der Waals surface area contributed by atoms with E-state index < -0.39 is 0 Å². The molecule has 0 aliphatic carbocycles. The minimum atomic E-state index is 0.657. The van der Waals surface area contributed by atoms with Gasteiger partial charge in [-0.15, -0.1) is 0 Å². The van der Waals surface area contributed by atoms with Gasteiger partial charge in [0, 0.05) is 16.2 Å². The van der Waals surface area contributed by atoms with Crippen LogP contribution >= 0.6 is 15.9 Å². The summed E-state index contributed by atoms with van der Waals surface area (Å²) in [6.45, 7) is 4.08. The van der Waals surface area contributed by atoms with Crippen LogP contribution < -0.4 is 4.74 Å². The van der Waals surface area contributed by atoms with Gasteiger partial charge < -0.3 is 4.74 Å². The predicted molar refractivity (Wildman–Crippen MR) is 57.8 cm³/mol. The SMILES string of the molecule is COc1ncc(Br)cc1C=C(C)C. The van der Waals surface area contributed by atoms with E-state index in [2.05, 4.69) is 20.9 Å². The van der Waals surface area contributed by atoms with Crippen molar-refractivity contribution in [3.8, 4) is 5.88 Å². The summed E-state index contributed by atoms with van der Waals surface area (Å²) in [4.78, 5) is 4.14. The molecule has 0 unspecified atom stereocenters. The quantitative estimate of drug-likeness (QED) is 0.793. The molecule has 0 saturated carbocycles. The minimum Gasteiger partial charge on any atom is -0.481 e. The maximum atomic E-state index is 5.12. The lowest BCUT2D eigenvalue weighted by Crippen LogP contribution is -1.90. The van der Waals surface area contributed by atoms with Gasteiger partial charge >= 0.3 is 0 Å². The number of methoxy groups -OCH3 is 1. The number of allylic oxidation sites excluding steroid dienone is 1. The van der Waals surface area contributed by atoms with Crippen molar-refractivity contribution in [2.24, 2.45) is 0 Å². The fourth-order valence-corrected chi connectivity index (χ4v) is 1.38. The Morgan fingerprint density at radius 3 is 2.77 bits per heavy atom. The molecule has 0 atom stereocenters. The maximum Gasteiger partial charge on any atom is 0.220 e. The average Bonchev–Trinajstić information content (AvgIpc) is 2.03. The number of ether oxygens (including phenoxy) is 1. The molecule has 0 radical (unpaired) electrons. The molecular formula is C10H12BrNO. The summed E-state index contributed by atoms with van der Waals surface area (Å²) >= 11 is 3.37. The summed E-state index contributed by atoms with van der Waals surface area (Å²) in [5.41, 5.74) is 2.22. The molecule has 0 fully saturated rings. The summed E-state index contributed by atoms with van der Waals surface area (Å²) in [5.74, 6) is 0.657. The lowest BCUT2D eigenvalue weighted by atomic mass is 10.2. The van der Waals surface area contributed by atoms with Crippen molar-refractivity contribution in [3.63, 3.8) is 0 Å². The molecule has 0 aliphatic heterocycles. The van der Waals surface area contributed by atoms with E-state index in [1.54, 1.807) is 13.3 Å². The van der Waals surface area contributed by atoms with Gasteiger partial charge in [-0.05, 0) is 35.8 Å². The van der Waals surface area contributed by atoms with Crippen LogP contribution in [0.4, 0.5) is 0 Å². The first kappa shape index (κ1) is 10.3. The maximum absolute atomic E-state index is 5.12. The lowest BCUT2D eigenvalue weighted by Gasteiger charge is -2.03. The van der Waals surface area contributed by atoms with Gasteiger partial charge in [-0.25, -0.2) is 4.98 Å². The van der Waals surface area contributed by atoms with E-state index in [1.165, 1.54) is 5.57 Å². The monoisotopic (exact) mass is 241 g/mol. The number of nitrogens with zero attached hydrogens (tertiary/aromatic N) is 1. The smallest absolute Gasteiger partial charge is 0.220 e. The van der Waals surface area contributed by atoms with Gasteiger partial charge in [-0.2, -0.15) is 0 Å². The fourth-order valence-electron chi connectivity index (χ4n) is 1.03. The standard InChI is InChI=1S/C10H12BrNO/c1-7(2)4-8-5-9(11)6-12-10(8)13-3/h4-6H,1-3H3. The fraction of sp³-hybridized carbons (Fsp3) is 0.300. The Hall–Kier alpha value is -0.830. The van der Waals surface area contributed by atoms with Crippen molar-refractivity contribution in [1.29, 1.82) is 0 Å². The van der Waals surface area contributed by atoms with Crippen molar-refractivity contribution < 1.29 is 4.74 Å². The van der Waals surface area contributed by atoms with Crippen molar-refractivity contribution >= 4 is 22.0 Å². The van der Waals surface area contributed by atoms with Crippen LogP contribution in [0.5, 0.6) is 5.88 Å². The first-order chi connectivity index (χ1) is 6.13. The number of pyridine rings is 1. The van der Waals surface area contributed by atoms with Crippen molar-refractivity contribution in [3.05, 3.63) is 27.9 Å². The van der Waals surface area contributed by atoms with Crippen LogP contribution in [-0.4, -0.2) is 12.1 Å². The molecule has 0 amide bonds. The molecule has 1 aromatic rings. The molecular weight excluding hydrogens is 230 g/mol. The Labute approximate surface area is 86.8 Å². The molecule has 3 heteroatoms. The number of halogens is 1. The van der Waals surface area contributed by atoms with E-state index in [9.17, 15) is 0 Å². The van der Waals surface area contributed by atoms with E-state index in [0.717, 1.165) is 10.0 Å². The van der Waals surface area contributed by atoms with Gasteiger partial charge in [0.2, 0.25) is 5.88 Å². The zero-order valence-electron chi connectivity index (χ0n) is 7.97. The van der Waals surface area contributed by atoms with Gasteiger partial charge in [0.15, 0.2) is 0 Å². The van der Waals surface area contributed by atoms with E-state index in [1.807, 2.05) is 26.0 Å². The van der Waals surface area contributed by atoms with Gasteiger partial charge in [0.05, 0.1) is 7.11 Å². The number of hydrogen-bond donors (Lipinski definition) is 0. The van der Waals surface area contributed by atoms with Crippen LogP contribution in [0.3, 0.4) is 0 Å². The molecule has 0 N–H and O–H groups in total. The topological polar surface area (TPSA) is 22.1 Å². The minimum absolute atomic E-state index is 0.657. The van der Waals surface area contributed by atoms with E-state index in [-0.39, 0.29) is 0 Å². The second-order valence-corrected chi connectivity index (χ2v) is 3.89. The van der Waals surface area contributed by atoms with Gasteiger partial charge in [-0.3, -0.25) is 0 Å². The highest BCUT2D eigenvalue weighted by Crippen LogP contribution is 2.21. The summed E-state index contributed by atoms with van der Waals surface area (Å²) in [7, 11) is 1.62. The Bertz CT molecular complexity index is 330. The molecule has 13 heavy (non-hydrogen) atoms. The van der Waals surface area contributed by atoms with Crippen molar-refractivity contribution in [2.75, 3.05) is 7.11 Å². The highest BCUT2D eigenvalue weighted by molar-refractivity contribution is 9.10. The highest BCUT2D eigenvalue weighted by atomic mass is 79.9. The molecule has 0 saturated heterocycles. The molecule has 0 spiro atoms. The third kappa shape index (κ3) is 2.84. The summed E-state index contributed by atoms with van der Waals surface area (Å²) in [6, 6.07) is 1.98. The largest absolute Gasteiger partial charge is 0.481 e. The van der Waals surface area contributed by atoms with Crippen LogP contribution in [0, 0.1) is 0 Å². The molecule has 70 valence electrons. The molecule has 0 aliphatic rings. The van der Waals surface area contributed by atoms with E-state index >= 15 is 0 Å². The third-order valence-corrected chi connectivity index (χ3v) is 1.92. The molecule has 1 rings (SSSR count). The Kier molecular flexibility index (Phi) is 3.48. The lowest BCUT2D eigenvalue weighted by molar-refractivity contribution is 0.396. The molecule has 0 bridgehead atoms. The summed E-state index contributed by atoms with van der Waals surface area (Å²) < 4.78 is 6.08. The van der Waals surface area contributed by atoms with Gasteiger partial charge in [0.1, 0.15) is 0 Å². The Morgan fingerprint density at radius 2 is 2.23 bits per heavy atom. The molecule has 0 aromatic carbocycles. The number of rotatable bonds is 2. The zero-order valence-corrected chi connectivity index (χ0v) is 9.55. The normalized spacial score (nSPS) is 9.54. The van der Waals surface area contributed by atoms with Gasteiger partial charge in [-0.1, -0.05) is 11.6 Å². The van der Waals surface area contributed by atoms with Crippen molar-refractivity contribution in [1.82, 2.24) is 4.98 Å². The average molecular weight is 242 g/mol. The third-order valence-electron chi connectivity index (χ3n) is 1.48.